The number of rotatable bonds is 7. The number of hydrogen-bond acceptors (Lipinski definition) is 12. The second kappa shape index (κ2) is 12.4. The second-order valence-corrected chi connectivity index (χ2v) is 13.4. The molecule has 12 heteroatoms. The van der Waals surface area contributed by atoms with Crippen molar-refractivity contribution in [2.75, 3.05) is 70.2 Å². The van der Waals surface area contributed by atoms with E-state index < -0.39 is 5.41 Å². The van der Waals surface area contributed by atoms with Crippen LogP contribution in [0.25, 0.3) is 5.70 Å². The molecule has 0 amide bonds. The number of aryl methyl sites for hydroxylation is 1. The van der Waals surface area contributed by atoms with Crippen LogP contribution in [0.2, 0.25) is 0 Å². The topological polar surface area (TPSA) is 158 Å². The molecule has 43 heavy (non-hydrogen) atoms. The number of aliphatic hydroxyl groups is 1. The molecule has 4 aliphatic rings. The number of nitrogens with zero attached hydrogens (tertiary/aromatic N) is 6. The highest BCUT2D eigenvalue weighted by atomic mass is 32.1. The highest BCUT2D eigenvalue weighted by Crippen LogP contribution is 2.52. The van der Waals surface area contributed by atoms with Crippen molar-refractivity contribution in [3.8, 4) is 11.9 Å². The van der Waals surface area contributed by atoms with Gasteiger partial charge in [-0.25, -0.2) is 4.98 Å². The Morgan fingerprint density at radius 1 is 1.19 bits per heavy atom. The van der Waals surface area contributed by atoms with Crippen molar-refractivity contribution < 1.29 is 14.6 Å². The first-order chi connectivity index (χ1) is 20.8. The molecule has 0 aromatic carbocycles. The number of fused-ring (bicyclic) bond motifs is 2. The second-order valence-electron chi connectivity index (χ2n) is 12.3. The van der Waals surface area contributed by atoms with Crippen molar-refractivity contribution in [3.05, 3.63) is 33.5 Å². The van der Waals surface area contributed by atoms with Crippen LogP contribution in [0.4, 0.5) is 10.8 Å². The molecule has 2 saturated heterocycles. The van der Waals surface area contributed by atoms with E-state index in [1.807, 2.05) is 6.07 Å². The monoisotopic (exact) mass is 606 g/mol. The molecule has 0 bridgehead atoms. The van der Waals surface area contributed by atoms with E-state index >= 15 is 0 Å². The molecule has 2 aromatic rings. The number of allylic oxidation sites excluding steroid dienone is 1. The van der Waals surface area contributed by atoms with Gasteiger partial charge < -0.3 is 31.1 Å². The molecule has 2 aliphatic heterocycles. The van der Waals surface area contributed by atoms with E-state index in [4.69, 9.17) is 26.2 Å². The van der Waals surface area contributed by atoms with Gasteiger partial charge in [0.2, 0.25) is 5.88 Å². The molecule has 5 N–H and O–H groups in total. The van der Waals surface area contributed by atoms with Gasteiger partial charge in [-0.05, 0) is 70.5 Å². The third kappa shape index (κ3) is 5.59. The number of nitrogen functional groups attached to an aromatic ring is 1. The van der Waals surface area contributed by atoms with E-state index in [0.29, 0.717) is 72.0 Å². The number of Topliss-reactive ketones (excluding diaryl/α,β-unsaturated/α-hetero) is 1. The average Bonchev–Trinajstić information content (AvgIpc) is 3.59. The van der Waals surface area contributed by atoms with Gasteiger partial charge in [-0.15, -0.1) is 11.3 Å². The lowest BCUT2D eigenvalue weighted by Crippen LogP contribution is -2.47. The number of β-amino-alcohol motifs (C(OH)–C–C–N with tert-alkyl or cyclic N) is 1. The molecule has 4 heterocycles. The van der Waals surface area contributed by atoms with E-state index in [9.17, 15) is 15.2 Å². The Bertz CT molecular complexity index is 1440. The average molecular weight is 607 g/mol. The summed E-state index contributed by atoms with van der Waals surface area (Å²) in [7, 11) is 2.12. The van der Waals surface area contributed by atoms with Crippen LogP contribution in [0, 0.1) is 11.3 Å². The summed E-state index contributed by atoms with van der Waals surface area (Å²) in [6.07, 6.45) is 6.63. The molecule has 2 aliphatic carbocycles. The Balaban J connectivity index is 1.35. The molecule has 1 saturated carbocycles. The summed E-state index contributed by atoms with van der Waals surface area (Å²) in [6.45, 7) is 5.49. The van der Waals surface area contributed by atoms with E-state index in [2.05, 4.69) is 27.8 Å². The SMILES string of the molecule is CN1CCC[C@H]1COc1cc(N2CCN(CCO)CC2)nc(/C(N)=C2\CCC[C@@]3(CCCc4sc(N)c(C#N)c43)C2=O)n1. The lowest BCUT2D eigenvalue weighted by atomic mass is 9.61. The zero-order valence-electron chi connectivity index (χ0n) is 25.0. The van der Waals surface area contributed by atoms with Crippen molar-refractivity contribution in [3.63, 3.8) is 0 Å². The number of aromatic nitrogens is 2. The summed E-state index contributed by atoms with van der Waals surface area (Å²) in [5, 5.41) is 19.8. The Kier molecular flexibility index (Phi) is 8.60. The van der Waals surface area contributed by atoms with Crippen LogP contribution in [0.15, 0.2) is 11.6 Å². The number of nitrogens with two attached hydrogens (primary N) is 2. The number of nitriles is 1. The lowest BCUT2D eigenvalue weighted by Gasteiger charge is -2.40. The predicted molar refractivity (Wildman–Crippen MR) is 167 cm³/mol. The Hall–Kier alpha value is -3.24. The van der Waals surface area contributed by atoms with Crippen LogP contribution in [0.5, 0.6) is 5.88 Å². The van der Waals surface area contributed by atoms with E-state index in [1.54, 1.807) is 0 Å². The van der Waals surface area contributed by atoms with Gasteiger partial charge in [0.15, 0.2) is 11.6 Å². The smallest absolute Gasteiger partial charge is 0.219 e. The summed E-state index contributed by atoms with van der Waals surface area (Å²) in [5.41, 5.74) is 14.4. The van der Waals surface area contributed by atoms with Crippen LogP contribution in [-0.4, -0.2) is 96.2 Å². The Morgan fingerprint density at radius 3 is 2.65 bits per heavy atom. The normalized spacial score (nSPS) is 26.0. The number of piperazine rings is 1. The summed E-state index contributed by atoms with van der Waals surface area (Å²) in [6, 6.07) is 4.50. The maximum absolute atomic E-state index is 14.5. The molecule has 0 radical (unpaired) electrons. The third-order valence-electron chi connectivity index (χ3n) is 9.81. The number of anilines is 2. The third-order valence-corrected chi connectivity index (χ3v) is 10.9. The quantitative estimate of drug-likeness (QED) is 0.397. The molecule has 2 atom stereocenters. The van der Waals surface area contributed by atoms with Crippen molar-refractivity contribution in [1.82, 2.24) is 19.8 Å². The number of aliphatic hydroxyl groups excluding tert-OH is 1. The van der Waals surface area contributed by atoms with Gasteiger partial charge in [0.05, 0.1) is 23.3 Å². The van der Waals surface area contributed by atoms with Crippen molar-refractivity contribution in [1.29, 1.82) is 5.26 Å². The molecule has 230 valence electrons. The van der Waals surface area contributed by atoms with Crippen LogP contribution < -0.4 is 21.1 Å². The standard InChI is InChI=1S/C31H42N8O3S/c1-37-10-4-5-20(37)19-42-25-17-24(39-13-11-38(12-14-39)15-16-40)35-30(36-25)27(33)21-6-2-8-31(28(21)41)9-3-7-23-26(31)22(18-32)29(34)43-23/h17,20,40H,2-16,19,33-34H2,1H3/b27-21-/t20-,31-/m0/s1. The minimum Gasteiger partial charge on any atom is -0.476 e. The van der Waals surface area contributed by atoms with Gasteiger partial charge in [0, 0.05) is 55.3 Å². The number of carbonyl (C=O) groups excluding carboxylic acids is 1. The van der Waals surface area contributed by atoms with Gasteiger partial charge in [0.1, 0.15) is 23.5 Å². The fraction of sp³-hybridized carbons (Fsp3) is 0.613. The Morgan fingerprint density at radius 2 is 1.95 bits per heavy atom. The fourth-order valence-corrected chi connectivity index (χ4v) is 8.56. The number of ether oxygens (including phenoxy) is 1. The summed E-state index contributed by atoms with van der Waals surface area (Å²) < 4.78 is 6.27. The largest absolute Gasteiger partial charge is 0.476 e. The van der Waals surface area contributed by atoms with Gasteiger partial charge in [0.25, 0.3) is 0 Å². The number of hydrogen-bond donors (Lipinski definition) is 3. The van der Waals surface area contributed by atoms with Gasteiger partial charge >= 0.3 is 0 Å². The molecule has 6 rings (SSSR count). The van der Waals surface area contributed by atoms with E-state index in [-0.39, 0.29) is 12.4 Å². The lowest BCUT2D eigenvalue weighted by molar-refractivity contribution is -0.122. The fourth-order valence-electron chi connectivity index (χ4n) is 7.40. The first kappa shape index (κ1) is 29.8. The summed E-state index contributed by atoms with van der Waals surface area (Å²) in [4.78, 5) is 31.9. The first-order valence-electron chi connectivity index (χ1n) is 15.5. The number of likely N-dealkylation sites (N-methyl/N-ethyl adjacent to an activating group) is 1. The van der Waals surface area contributed by atoms with E-state index in [1.165, 1.54) is 11.3 Å². The molecule has 3 fully saturated rings. The highest BCUT2D eigenvalue weighted by molar-refractivity contribution is 7.16. The number of ketones is 1. The molecule has 11 nitrogen and oxygen atoms in total. The molecular weight excluding hydrogens is 564 g/mol. The minimum atomic E-state index is -0.780. The molecule has 1 spiro atoms. The van der Waals surface area contributed by atoms with Gasteiger partial charge in [-0.3, -0.25) is 9.69 Å². The van der Waals surface area contributed by atoms with Gasteiger partial charge in [-0.2, -0.15) is 10.2 Å². The number of thiophene rings is 1. The van der Waals surface area contributed by atoms with Gasteiger partial charge in [-0.1, -0.05) is 0 Å². The van der Waals surface area contributed by atoms with Crippen LogP contribution in [0.3, 0.4) is 0 Å². The maximum atomic E-state index is 14.5. The molecular formula is C31H42N8O3S. The van der Waals surface area contributed by atoms with Crippen LogP contribution >= 0.6 is 11.3 Å². The Labute approximate surface area is 257 Å². The molecule has 2 aromatic heterocycles. The van der Waals surface area contributed by atoms with Crippen molar-refractivity contribution in [2.45, 2.75) is 62.8 Å². The zero-order valence-corrected chi connectivity index (χ0v) is 25.8. The maximum Gasteiger partial charge on any atom is 0.219 e. The highest BCUT2D eigenvalue weighted by Gasteiger charge is 2.49. The number of likely N-dealkylation sites (tertiary alicyclic amines) is 1. The predicted octanol–water partition coefficient (Wildman–Crippen LogP) is 2.28. The van der Waals surface area contributed by atoms with E-state index in [0.717, 1.165) is 81.1 Å². The van der Waals surface area contributed by atoms with Crippen LogP contribution in [0.1, 0.15) is 66.8 Å². The molecule has 0 unspecified atom stereocenters. The summed E-state index contributed by atoms with van der Waals surface area (Å²) >= 11 is 1.44. The zero-order chi connectivity index (χ0) is 30.1. The number of carbonyl (C=O) groups is 1. The minimum absolute atomic E-state index is 0.0202. The first-order valence-corrected chi connectivity index (χ1v) is 16.3. The van der Waals surface area contributed by atoms with Crippen molar-refractivity contribution in [2.24, 2.45) is 5.73 Å². The summed E-state index contributed by atoms with van der Waals surface area (Å²) in [5.74, 6) is 1.47. The van der Waals surface area contributed by atoms with Crippen LogP contribution in [-0.2, 0) is 16.6 Å². The van der Waals surface area contributed by atoms with Crippen molar-refractivity contribution >= 4 is 33.6 Å².